The molecular formula is C10H12ClNO4S. The van der Waals surface area contributed by atoms with E-state index in [-0.39, 0.29) is 10.6 Å². The van der Waals surface area contributed by atoms with Gasteiger partial charge >= 0.3 is 5.97 Å². The van der Waals surface area contributed by atoms with Gasteiger partial charge in [0.05, 0.1) is 22.0 Å². The van der Waals surface area contributed by atoms with Gasteiger partial charge in [-0.15, -0.1) is 10.8 Å². The minimum absolute atomic E-state index is 0.0782. The lowest BCUT2D eigenvalue weighted by Gasteiger charge is -2.38. The van der Waals surface area contributed by atoms with Gasteiger partial charge in [0.25, 0.3) is 0 Å². The second-order valence-corrected chi connectivity index (χ2v) is 6.28. The Bertz CT molecular complexity index is 466. The normalized spacial score (nSPS) is 20.3. The Morgan fingerprint density at radius 2 is 2.12 bits per heavy atom. The van der Waals surface area contributed by atoms with Gasteiger partial charge in [0.2, 0.25) is 0 Å². The lowest BCUT2D eigenvalue weighted by atomic mass is 10.2. The summed E-state index contributed by atoms with van der Waals surface area (Å²) in [6.45, 7) is 0.508. The molecule has 1 fully saturated rings. The van der Waals surface area contributed by atoms with Crippen LogP contribution in [-0.4, -0.2) is 32.5 Å². The predicted molar refractivity (Wildman–Crippen MR) is 68.1 cm³/mol. The summed E-state index contributed by atoms with van der Waals surface area (Å²) in [5, 5.41) is 9.02. The fraction of sp³-hybridized carbons (Fsp3) is 0.300. The Kier molecular flexibility index (Phi) is 3.22. The highest BCUT2D eigenvalue weighted by Gasteiger charge is 2.30. The van der Waals surface area contributed by atoms with Crippen LogP contribution in [0.25, 0.3) is 0 Å². The molecule has 1 aromatic rings. The molecule has 0 saturated carbocycles. The van der Waals surface area contributed by atoms with Gasteiger partial charge in [-0.1, -0.05) is 11.6 Å². The van der Waals surface area contributed by atoms with Crippen LogP contribution in [0.3, 0.4) is 0 Å². The molecule has 7 heteroatoms. The van der Waals surface area contributed by atoms with E-state index in [2.05, 4.69) is 0 Å². The molecule has 1 heterocycles. The van der Waals surface area contributed by atoms with E-state index >= 15 is 0 Å². The first-order chi connectivity index (χ1) is 7.92. The Hall–Kier alpha value is -0.950. The summed E-state index contributed by atoms with van der Waals surface area (Å²) < 4.78 is 21.0. The molecule has 0 bridgehead atoms. The van der Waals surface area contributed by atoms with Gasteiger partial charge < -0.3 is 5.11 Å². The van der Waals surface area contributed by atoms with Gasteiger partial charge in [0.1, 0.15) is 0 Å². The molecule has 3 N–H and O–H groups in total. The topological polar surface area (TPSA) is 81.0 Å². The Balaban J connectivity index is 2.37. The average Bonchev–Trinajstić information content (AvgIpc) is 2.58. The van der Waals surface area contributed by atoms with Crippen LogP contribution in [0.5, 0.6) is 0 Å². The maximum atomic E-state index is 10.7. The molecule has 0 aromatic heterocycles. The molecule has 0 spiro atoms. The van der Waals surface area contributed by atoms with Crippen molar-refractivity contribution in [1.29, 1.82) is 0 Å². The van der Waals surface area contributed by atoms with Crippen LogP contribution in [0.4, 0.5) is 5.69 Å². The molecule has 94 valence electrons. The van der Waals surface area contributed by atoms with Crippen molar-refractivity contribution in [3.05, 3.63) is 28.8 Å². The zero-order valence-electron chi connectivity index (χ0n) is 8.84. The SMILES string of the molecule is O=C(O)c1ccc(N2CCCS2(O)O)c(Cl)c1. The van der Waals surface area contributed by atoms with Gasteiger partial charge in [0, 0.05) is 6.54 Å². The zero-order valence-corrected chi connectivity index (χ0v) is 10.4. The maximum absolute atomic E-state index is 10.7. The van der Waals surface area contributed by atoms with E-state index in [9.17, 15) is 13.9 Å². The minimum Gasteiger partial charge on any atom is -0.478 e. The van der Waals surface area contributed by atoms with Crippen LogP contribution < -0.4 is 4.31 Å². The third-order valence-electron chi connectivity index (χ3n) is 2.60. The largest absolute Gasteiger partial charge is 0.478 e. The fourth-order valence-corrected chi connectivity index (χ4v) is 3.74. The summed E-state index contributed by atoms with van der Waals surface area (Å²) in [5.74, 6) is -0.740. The third kappa shape index (κ3) is 2.35. The van der Waals surface area contributed by atoms with Crippen LogP contribution in [-0.2, 0) is 0 Å². The highest BCUT2D eigenvalue weighted by molar-refractivity contribution is 8.25. The summed E-state index contributed by atoms with van der Waals surface area (Å²) >= 11 is 5.97. The zero-order chi connectivity index (χ0) is 12.6. The molecule has 1 aliphatic heterocycles. The monoisotopic (exact) mass is 277 g/mol. The van der Waals surface area contributed by atoms with Gasteiger partial charge in [0.15, 0.2) is 0 Å². The molecule has 17 heavy (non-hydrogen) atoms. The van der Waals surface area contributed by atoms with Gasteiger partial charge in [-0.05, 0) is 24.6 Å². The van der Waals surface area contributed by atoms with E-state index in [1.165, 1.54) is 22.5 Å². The molecule has 0 amide bonds. The molecule has 1 aromatic carbocycles. The number of nitrogens with zero attached hydrogens (tertiary/aromatic N) is 1. The van der Waals surface area contributed by atoms with Crippen LogP contribution in [0.15, 0.2) is 18.2 Å². The standard InChI is InChI=1S/C10H12ClNO4S/c11-8-6-7(10(13)14)2-3-9(8)12-4-1-5-17(12,15)16/h2-3,6,15-16H,1,4-5H2,(H,13,14). The number of rotatable bonds is 2. The fourth-order valence-electron chi connectivity index (χ4n) is 1.78. The van der Waals surface area contributed by atoms with E-state index in [1.54, 1.807) is 0 Å². The van der Waals surface area contributed by atoms with E-state index < -0.39 is 16.7 Å². The maximum Gasteiger partial charge on any atom is 0.335 e. The lowest BCUT2D eigenvalue weighted by Crippen LogP contribution is -2.22. The van der Waals surface area contributed by atoms with Gasteiger partial charge in [-0.3, -0.25) is 13.4 Å². The summed E-state index contributed by atoms with van der Waals surface area (Å²) in [4.78, 5) is 10.7. The van der Waals surface area contributed by atoms with E-state index in [1.807, 2.05) is 0 Å². The van der Waals surface area contributed by atoms with E-state index in [0.29, 0.717) is 24.4 Å². The van der Waals surface area contributed by atoms with E-state index in [4.69, 9.17) is 16.7 Å². The number of hydrogen-bond donors (Lipinski definition) is 3. The Morgan fingerprint density at radius 3 is 2.59 bits per heavy atom. The molecule has 0 aliphatic carbocycles. The van der Waals surface area contributed by atoms with Crippen LogP contribution in [0, 0.1) is 0 Å². The molecule has 0 atom stereocenters. The summed E-state index contributed by atoms with van der Waals surface area (Å²) in [6.07, 6.45) is 0.680. The molecule has 0 unspecified atom stereocenters. The lowest BCUT2D eigenvalue weighted by molar-refractivity contribution is 0.0697. The first-order valence-corrected chi connectivity index (χ1v) is 7.03. The second kappa shape index (κ2) is 4.38. The first kappa shape index (κ1) is 12.5. The van der Waals surface area contributed by atoms with Gasteiger partial charge in [-0.2, -0.15) is 0 Å². The quantitative estimate of drug-likeness (QED) is 0.774. The molecule has 1 saturated heterocycles. The van der Waals surface area contributed by atoms with E-state index in [0.717, 1.165) is 0 Å². The Labute approximate surface area is 105 Å². The van der Waals surface area contributed by atoms with Crippen molar-refractivity contribution in [2.45, 2.75) is 6.42 Å². The number of benzene rings is 1. The van der Waals surface area contributed by atoms with Crippen molar-refractivity contribution in [3.63, 3.8) is 0 Å². The molecule has 2 rings (SSSR count). The summed E-state index contributed by atoms with van der Waals surface area (Å²) in [6, 6.07) is 4.22. The van der Waals surface area contributed by atoms with Crippen molar-refractivity contribution in [2.75, 3.05) is 16.6 Å². The number of carboxylic acids is 1. The van der Waals surface area contributed by atoms with Crippen molar-refractivity contribution in [1.82, 2.24) is 0 Å². The highest BCUT2D eigenvalue weighted by Crippen LogP contribution is 2.52. The van der Waals surface area contributed by atoms with Crippen LogP contribution in [0.2, 0.25) is 5.02 Å². The number of carboxylic acid groups (broad SMARTS) is 1. The number of carbonyl (C=O) groups is 1. The van der Waals surface area contributed by atoms with Crippen LogP contribution >= 0.6 is 22.4 Å². The van der Waals surface area contributed by atoms with Crippen molar-refractivity contribution in [3.8, 4) is 0 Å². The minimum atomic E-state index is -2.79. The number of halogens is 1. The third-order valence-corrected chi connectivity index (χ3v) is 4.82. The number of aromatic carboxylic acids is 1. The predicted octanol–water partition coefficient (Wildman–Crippen LogP) is 2.91. The molecule has 5 nitrogen and oxygen atoms in total. The van der Waals surface area contributed by atoms with Gasteiger partial charge in [-0.25, -0.2) is 4.79 Å². The van der Waals surface area contributed by atoms with Crippen molar-refractivity contribution in [2.24, 2.45) is 0 Å². The van der Waals surface area contributed by atoms with Crippen LogP contribution in [0.1, 0.15) is 16.8 Å². The molecular weight excluding hydrogens is 266 g/mol. The number of hydrogen-bond acceptors (Lipinski definition) is 4. The van der Waals surface area contributed by atoms with Crippen molar-refractivity contribution < 1.29 is 19.0 Å². The highest BCUT2D eigenvalue weighted by atomic mass is 35.5. The second-order valence-electron chi connectivity index (χ2n) is 3.76. The Morgan fingerprint density at radius 1 is 1.41 bits per heavy atom. The average molecular weight is 278 g/mol. The first-order valence-electron chi connectivity index (χ1n) is 4.98. The summed E-state index contributed by atoms with van der Waals surface area (Å²) in [7, 11) is -2.79. The number of anilines is 1. The molecule has 1 aliphatic rings. The smallest absolute Gasteiger partial charge is 0.335 e. The van der Waals surface area contributed by atoms with Crippen molar-refractivity contribution >= 4 is 34.0 Å². The molecule has 0 radical (unpaired) electrons. The summed E-state index contributed by atoms with van der Waals surface area (Å²) in [5.41, 5.74) is 0.545.